The van der Waals surface area contributed by atoms with Gasteiger partial charge in [-0.15, -0.1) is 11.8 Å². The van der Waals surface area contributed by atoms with Gasteiger partial charge in [-0.1, -0.05) is 24.3 Å². The van der Waals surface area contributed by atoms with Crippen molar-refractivity contribution in [3.05, 3.63) is 83.4 Å². The highest BCUT2D eigenvalue weighted by atomic mass is 32.2. The number of amides is 3. The molecule has 0 radical (unpaired) electrons. The van der Waals surface area contributed by atoms with E-state index in [0.29, 0.717) is 17.1 Å². The van der Waals surface area contributed by atoms with E-state index in [9.17, 15) is 22.8 Å². The van der Waals surface area contributed by atoms with Crippen LogP contribution in [0.5, 0.6) is 5.75 Å². The fraction of sp³-hybridized carbons (Fsp3) is 0.200. The van der Waals surface area contributed by atoms with Crippen molar-refractivity contribution in [1.29, 1.82) is 0 Å². The molecule has 1 atom stereocenters. The Morgan fingerprint density at radius 3 is 2.40 bits per heavy atom. The highest BCUT2D eigenvalue weighted by Crippen LogP contribution is 2.45. The topological polar surface area (TPSA) is 70.7 Å². The lowest BCUT2D eigenvalue weighted by atomic mass is 10.1. The number of methoxy groups -OCH3 is 1. The summed E-state index contributed by atoms with van der Waals surface area (Å²) in [7, 11) is 1.55. The summed E-state index contributed by atoms with van der Waals surface area (Å²) in [6, 6.07) is 16.3. The van der Waals surface area contributed by atoms with Gasteiger partial charge < -0.3 is 15.4 Å². The Morgan fingerprint density at radius 1 is 1.03 bits per heavy atom. The Bertz CT molecular complexity index is 1270. The average molecular weight is 502 g/mol. The van der Waals surface area contributed by atoms with Crippen molar-refractivity contribution in [2.75, 3.05) is 28.4 Å². The molecule has 1 unspecified atom stereocenters. The number of anilines is 3. The molecule has 1 saturated heterocycles. The summed E-state index contributed by atoms with van der Waals surface area (Å²) in [5.41, 5.74) is 2.01. The minimum Gasteiger partial charge on any atom is -0.495 e. The average Bonchev–Trinajstić information content (AvgIpc) is 3.20. The van der Waals surface area contributed by atoms with E-state index >= 15 is 0 Å². The lowest BCUT2D eigenvalue weighted by Crippen LogP contribution is -2.28. The zero-order chi connectivity index (χ0) is 25.2. The van der Waals surface area contributed by atoms with Gasteiger partial charge in [0.25, 0.3) is 0 Å². The van der Waals surface area contributed by atoms with Gasteiger partial charge in [-0.3, -0.25) is 9.69 Å². The van der Waals surface area contributed by atoms with E-state index in [4.69, 9.17) is 4.74 Å². The normalized spacial score (nSPS) is 15.7. The van der Waals surface area contributed by atoms with Gasteiger partial charge in [-0.05, 0) is 60.5 Å². The first kappa shape index (κ1) is 24.5. The lowest BCUT2D eigenvalue weighted by Gasteiger charge is -2.26. The molecular formula is C25H22F3N3O3S. The molecule has 0 aliphatic carbocycles. The van der Waals surface area contributed by atoms with Crippen molar-refractivity contribution >= 4 is 40.8 Å². The van der Waals surface area contributed by atoms with Gasteiger partial charge in [-0.2, -0.15) is 13.2 Å². The maximum atomic E-state index is 12.9. The fourth-order valence-electron chi connectivity index (χ4n) is 3.76. The first-order chi connectivity index (χ1) is 16.7. The standard InChI is InChI=1S/C25H22F3N3O3S/c1-15-9-10-21(34-2)20(11-15)31-22(32)14-35-23(31)16-5-3-7-18(12-16)29-24(33)30-19-8-4-6-17(13-19)25(26,27)28/h3-13,23H,14H2,1-2H3,(H2,29,30,33). The Kier molecular flexibility index (Phi) is 6.93. The van der Waals surface area contributed by atoms with Gasteiger partial charge in [-0.25, -0.2) is 4.79 Å². The third-order valence-corrected chi connectivity index (χ3v) is 6.55. The van der Waals surface area contributed by atoms with Gasteiger partial charge in [0.05, 0.1) is 24.1 Å². The number of alkyl halides is 3. The minimum absolute atomic E-state index is 0.0168. The smallest absolute Gasteiger partial charge is 0.416 e. The molecule has 1 aliphatic heterocycles. The van der Waals surface area contributed by atoms with Gasteiger partial charge >= 0.3 is 12.2 Å². The molecule has 4 rings (SSSR count). The molecule has 0 bridgehead atoms. The zero-order valence-electron chi connectivity index (χ0n) is 18.8. The molecule has 1 aliphatic rings. The number of carbonyl (C=O) groups excluding carboxylic acids is 2. The number of carbonyl (C=O) groups is 2. The third-order valence-electron chi connectivity index (χ3n) is 5.34. The first-order valence-corrected chi connectivity index (χ1v) is 11.6. The molecule has 35 heavy (non-hydrogen) atoms. The van der Waals surface area contributed by atoms with Gasteiger partial charge in [0, 0.05) is 11.4 Å². The second-order valence-corrected chi connectivity index (χ2v) is 8.95. The van der Waals surface area contributed by atoms with Crippen molar-refractivity contribution < 1.29 is 27.5 Å². The van der Waals surface area contributed by atoms with Crippen molar-refractivity contribution in [3.8, 4) is 5.75 Å². The number of nitrogens with one attached hydrogen (secondary N) is 2. The van der Waals surface area contributed by atoms with E-state index in [2.05, 4.69) is 10.6 Å². The molecule has 1 heterocycles. The van der Waals surface area contributed by atoms with Crippen molar-refractivity contribution in [1.82, 2.24) is 0 Å². The van der Waals surface area contributed by atoms with Crippen molar-refractivity contribution in [2.45, 2.75) is 18.5 Å². The van der Waals surface area contributed by atoms with Gasteiger partial charge in [0.15, 0.2) is 0 Å². The third kappa shape index (κ3) is 5.54. The Morgan fingerprint density at radius 2 is 1.71 bits per heavy atom. The molecular weight excluding hydrogens is 479 g/mol. The molecule has 0 saturated carbocycles. The van der Waals surface area contributed by atoms with Gasteiger partial charge in [0.2, 0.25) is 5.91 Å². The van der Waals surface area contributed by atoms with Crippen LogP contribution in [-0.2, 0) is 11.0 Å². The molecule has 0 aromatic heterocycles. The fourth-order valence-corrected chi connectivity index (χ4v) is 4.91. The first-order valence-electron chi connectivity index (χ1n) is 10.6. The number of urea groups is 1. The van der Waals surface area contributed by atoms with Crippen LogP contribution in [0.15, 0.2) is 66.7 Å². The Labute approximate surface area is 204 Å². The molecule has 3 aromatic carbocycles. The van der Waals surface area contributed by atoms with Crippen LogP contribution in [0.25, 0.3) is 0 Å². The Balaban J connectivity index is 1.53. The van der Waals surface area contributed by atoms with E-state index in [0.717, 1.165) is 23.3 Å². The molecule has 1 fully saturated rings. The Hall–Kier alpha value is -3.66. The number of ether oxygens (including phenoxy) is 1. The number of hydrogen-bond donors (Lipinski definition) is 2. The summed E-state index contributed by atoms with van der Waals surface area (Å²) in [4.78, 5) is 26.9. The molecule has 6 nitrogen and oxygen atoms in total. The number of benzene rings is 3. The quantitative estimate of drug-likeness (QED) is 0.422. The van der Waals surface area contributed by atoms with E-state index in [-0.39, 0.29) is 22.7 Å². The SMILES string of the molecule is COc1ccc(C)cc1N1C(=O)CSC1c1cccc(NC(=O)Nc2cccc(C(F)(F)F)c2)c1. The van der Waals surface area contributed by atoms with Crippen LogP contribution in [0.4, 0.5) is 35.0 Å². The summed E-state index contributed by atoms with van der Waals surface area (Å²) in [6.45, 7) is 1.93. The zero-order valence-corrected chi connectivity index (χ0v) is 19.7. The lowest BCUT2D eigenvalue weighted by molar-refractivity contribution is -0.137. The van der Waals surface area contributed by atoms with Crippen LogP contribution in [0, 0.1) is 6.92 Å². The van der Waals surface area contributed by atoms with Crippen molar-refractivity contribution in [2.24, 2.45) is 0 Å². The van der Waals surface area contributed by atoms with E-state index < -0.39 is 17.8 Å². The minimum atomic E-state index is -4.51. The number of rotatable bonds is 5. The molecule has 3 amide bonds. The van der Waals surface area contributed by atoms with Crippen LogP contribution in [0.1, 0.15) is 22.1 Å². The molecule has 0 spiro atoms. The summed E-state index contributed by atoms with van der Waals surface area (Å²) in [5, 5.41) is 4.72. The monoisotopic (exact) mass is 501 g/mol. The van der Waals surface area contributed by atoms with Crippen LogP contribution in [0.2, 0.25) is 0 Å². The second-order valence-electron chi connectivity index (χ2n) is 7.89. The van der Waals surface area contributed by atoms with E-state index in [1.54, 1.807) is 30.2 Å². The molecule has 3 aromatic rings. The second kappa shape index (κ2) is 9.91. The van der Waals surface area contributed by atoms with E-state index in [1.165, 1.54) is 23.9 Å². The largest absolute Gasteiger partial charge is 0.495 e. The predicted molar refractivity (Wildman–Crippen MR) is 131 cm³/mol. The van der Waals surface area contributed by atoms with Crippen LogP contribution in [-0.4, -0.2) is 24.8 Å². The molecule has 10 heteroatoms. The van der Waals surface area contributed by atoms with Crippen LogP contribution < -0.4 is 20.3 Å². The predicted octanol–water partition coefficient (Wildman–Crippen LogP) is 6.45. The van der Waals surface area contributed by atoms with Crippen LogP contribution in [0.3, 0.4) is 0 Å². The molecule has 182 valence electrons. The molecule has 2 N–H and O–H groups in total. The summed E-state index contributed by atoms with van der Waals surface area (Å²) in [5.74, 6) is 0.797. The van der Waals surface area contributed by atoms with Crippen LogP contribution >= 0.6 is 11.8 Å². The maximum Gasteiger partial charge on any atom is 0.416 e. The number of aryl methyl sites for hydroxylation is 1. The maximum absolute atomic E-state index is 12.9. The number of nitrogens with zero attached hydrogens (tertiary/aromatic N) is 1. The van der Waals surface area contributed by atoms with Gasteiger partial charge in [0.1, 0.15) is 11.1 Å². The summed E-state index contributed by atoms with van der Waals surface area (Å²) < 4.78 is 44.3. The number of halogens is 3. The highest BCUT2D eigenvalue weighted by molar-refractivity contribution is 8.00. The van der Waals surface area contributed by atoms with Crippen molar-refractivity contribution in [3.63, 3.8) is 0 Å². The number of hydrogen-bond acceptors (Lipinski definition) is 4. The highest BCUT2D eigenvalue weighted by Gasteiger charge is 2.36. The van der Waals surface area contributed by atoms with E-state index in [1.807, 2.05) is 31.2 Å². The number of thioether (sulfide) groups is 1. The summed E-state index contributed by atoms with van der Waals surface area (Å²) in [6.07, 6.45) is -4.51. The summed E-state index contributed by atoms with van der Waals surface area (Å²) >= 11 is 1.45.